The lowest BCUT2D eigenvalue weighted by Crippen LogP contribution is -2.28. The number of rotatable bonds is 8. The van der Waals surface area contributed by atoms with E-state index in [-0.39, 0.29) is 17.5 Å². The lowest BCUT2D eigenvalue weighted by atomic mass is 9.87. The van der Waals surface area contributed by atoms with Crippen molar-refractivity contribution in [3.8, 4) is 5.75 Å². The number of hydrogen-bond donors (Lipinski definition) is 2. The molecule has 7 heteroatoms. The van der Waals surface area contributed by atoms with Crippen molar-refractivity contribution in [2.45, 2.75) is 67.2 Å². The zero-order chi connectivity index (χ0) is 22.4. The van der Waals surface area contributed by atoms with Gasteiger partial charge in [0.15, 0.2) is 11.6 Å². The number of ether oxygens (including phenoxy) is 1. The van der Waals surface area contributed by atoms with E-state index >= 15 is 0 Å². The number of nitrogens with zero attached hydrogens (tertiary/aromatic N) is 2. The Balaban J connectivity index is 0.00000184. The molecule has 0 radical (unpaired) electrons. The van der Waals surface area contributed by atoms with Crippen LogP contribution in [0.25, 0.3) is 5.70 Å². The lowest BCUT2D eigenvalue weighted by molar-refractivity contribution is -0.306. The van der Waals surface area contributed by atoms with Gasteiger partial charge in [0, 0.05) is 31.3 Å². The Labute approximate surface area is 174 Å². The molecule has 1 aliphatic carbocycles. The molecule has 0 saturated heterocycles. The Morgan fingerprint density at radius 2 is 1.76 bits per heavy atom. The number of halogens is 1. The highest BCUT2D eigenvalue weighted by atomic mass is 19.1. The second-order valence-corrected chi connectivity index (χ2v) is 6.07. The van der Waals surface area contributed by atoms with Gasteiger partial charge in [-0.05, 0) is 56.4 Å². The third-order valence-electron chi connectivity index (χ3n) is 4.24. The standard InChI is InChI=1S/C18H25FN2O4.2C2H6/c1-3-20(10-5-11-21(23)24)18(14-6-4-7-14)15-8-9-17(16(19)12-15)25-13(2)22;2*1-2/h8-9,12,23-24H,3-7,10-11H2,1-2H3;2*1-2H3. The Hall–Kier alpha value is -1.96. The van der Waals surface area contributed by atoms with Crippen molar-refractivity contribution in [2.75, 3.05) is 19.6 Å². The number of hydroxylamine groups is 2. The number of esters is 1. The summed E-state index contributed by atoms with van der Waals surface area (Å²) in [6.07, 6.45) is 3.63. The fraction of sp³-hybridized carbons (Fsp3) is 0.591. The van der Waals surface area contributed by atoms with Crippen molar-refractivity contribution in [3.05, 3.63) is 35.2 Å². The molecule has 0 atom stereocenters. The molecule has 0 spiro atoms. The van der Waals surface area contributed by atoms with Gasteiger partial charge in [-0.15, -0.1) is 0 Å². The van der Waals surface area contributed by atoms with Crippen LogP contribution in [-0.2, 0) is 4.79 Å². The first-order valence-electron chi connectivity index (χ1n) is 10.5. The summed E-state index contributed by atoms with van der Waals surface area (Å²) in [6, 6.07) is 4.63. The average molecular weight is 413 g/mol. The summed E-state index contributed by atoms with van der Waals surface area (Å²) >= 11 is 0. The van der Waals surface area contributed by atoms with Crippen LogP contribution in [0.1, 0.15) is 72.8 Å². The summed E-state index contributed by atoms with van der Waals surface area (Å²) in [5.41, 5.74) is 3.01. The van der Waals surface area contributed by atoms with Crippen molar-refractivity contribution >= 4 is 11.7 Å². The minimum Gasteiger partial charge on any atom is -0.424 e. The summed E-state index contributed by atoms with van der Waals surface area (Å²) in [4.78, 5) is 13.1. The van der Waals surface area contributed by atoms with Crippen molar-refractivity contribution in [1.29, 1.82) is 0 Å². The second-order valence-electron chi connectivity index (χ2n) is 6.07. The fourth-order valence-corrected chi connectivity index (χ4v) is 2.92. The van der Waals surface area contributed by atoms with E-state index in [2.05, 4.69) is 4.90 Å². The predicted octanol–water partition coefficient (Wildman–Crippen LogP) is 5.49. The minimum atomic E-state index is -0.571. The molecule has 0 unspecified atom stereocenters. The monoisotopic (exact) mass is 412 g/mol. The SMILES string of the molecule is CC.CC.CCN(CCCN(O)O)C(=C1CCC1)c1ccc(OC(C)=O)c(F)c1. The summed E-state index contributed by atoms with van der Waals surface area (Å²) in [6.45, 7) is 12.7. The number of carbonyl (C=O) groups excluding carboxylic acids is 1. The minimum absolute atomic E-state index is 0.0755. The largest absolute Gasteiger partial charge is 0.424 e. The number of hydrogen-bond acceptors (Lipinski definition) is 6. The fourth-order valence-electron chi connectivity index (χ4n) is 2.92. The van der Waals surface area contributed by atoms with E-state index in [9.17, 15) is 9.18 Å². The van der Waals surface area contributed by atoms with E-state index in [1.165, 1.54) is 24.6 Å². The molecule has 6 nitrogen and oxygen atoms in total. The van der Waals surface area contributed by atoms with Gasteiger partial charge in [-0.3, -0.25) is 15.2 Å². The van der Waals surface area contributed by atoms with Gasteiger partial charge in [-0.1, -0.05) is 32.9 Å². The van der Waals surface area contributed by atoms with Gasteiger partial charge in [-0.2, -0.15) is 0 Å². The highest BCUT2D eigenvalue weighted by molar-refractivity contribution is 5.71. The first kappa shape index (κ1) is 27.0. The highest BCUT2D eigenvalue weighted by Gasteiger charge is 2.21. The molecule has 2 rings (SSSR count). The van der Waals surface area contributed by atoms with Gasteiger partial charge >= 0.3 is 5.97 Å². The van der Waals surface area contributed by atoms with Gasteiger partial charge in [0.05, 0.1) is 6.54 Å². The molecule has 2 N–H and O–H groups in total. The molecule has 1 aliphatic rings. The molecule has 29 heavy (non-hydrogen) atoms. The van der Waals surface area contributed by atoms with Crippen LogP contribution in [0.5, 0.6) is 5.75 Å². The topological polar surface area (TPSA) is 73.2 Å². The molecule has 0 aromatic heterocycles. The molecular formula is C22H37FN2O4. The van der Waals surface area contributed by atoms with Crippen LogP contribution in [0.15, 0.2) is 23.8 Å². The molecule has 1 saturated carbocycles. The lowest BCUT2D eigenvalue weighted by Gasteiger charge is -2.32. The van der Waals surface area contributed by atoms with Crippen molar-refractivity contribution in [3.63, 3.8) is 0 Å². The van der Waals surface area contributed by atoms with E-state index in [1.807, 2.05) is 34.6 Å². The Morgan fingerprint density at radius 1 is 1.14 bits per heavy atom. The van der Waals surface area contributed by atoms with E-state index in [0.717, 1.165) is 37.1 Å². The van der Waals surface area contributed by atoms with Crippen LogP contribution in [0, 0.1) is 5.82 Å². The Kier molecular flexibility index (Phi) is 13.9. The van der Waals surface area contributed by atoms with Crippen LogP contribution in [0.3, 0.4) is 0 Å². The van der Waals surface area contributed by atoms with Gasteiger partial charge in [0.1, 0.15) is 0 Å². The average Bonchev–Trinajstić information content (AvgIpc) is 2.66. The van der Waals surface area contributed by atoms with E-state index in [4.69, 9.17) is 15.2 Å². The third kappa shape index (κ3) is 8.94. The van der Waals surface area contributed by atoms with Crippen LogP contribution >= 0.6 is 0 Å². The number of allylic oxidation sites excluding steroid dienone is 1. The predicted molar refractivity (Wildman–Crippen MR) is 113 cm³/mol. The molecular weight excluding hydrogens is 375 g/mol. The van der Waals surface area contributed by atoms with Crippen molar-refractivity contribution in [2.24, 2.45) is 0 Å². The molecule has 0 aliphatic heterocycles. The summed E-state index contributed by atoms with van der Waals surface area (Å²) in [7, 11) is 0. The van der Waals surface area contributed by atoms with Crippen LogP contribution in [-0.4, -0.2) is 46.1 Å². The van der Waals surface area contributed by atoms with Crippen LogP contribution in [0.4, 0.5) is 4.39 Å². The molecule has 166 valence electrons. The molecule has 1 fully saturated rings. The maximum Gasteiger partial charge on any atom is 0.308 e. The van der Waals surface area contributed by atoms with Crippen LogP contribution < -0.4 is 4.74 Å². The first-order chi connectivity index (χ1) is 13.9. The smallest absolute Gasteiger partial charge is 0.308 e. The molecule has 1 aromatic carbocycles. The summed E-state index contributed by atoms with van der Waals surface area (Å²) < 4.78 is 19.1. The zero-order valence-electron chi connectivity index (χ0n) is 18.7. The normalized spacial score (nSPS) is 12.1. The number of carbonyl (C=O) groups is 1. The van der Waals surface area contributed by atoms with Gasteiger partial charge in [-0.25, -0.2) is 4.39 Å². The van der Waals surface area contributed by atoms with Crippen molar-refractivity contribution in [1.82, 2.24) is 10.1 Å². The molecule has 0 amide bonds. The maximum absolute atomic E-state index is 14.3. The summed E-state index contributed by atoms with van der Waals surface area (Å²) in [5.74, 6) is -1.21. The van der Waals surface area contributed by atoms with Crippen LogP contribution in [0.2, 0.25) is 0 Å². The van der Waals surface area contributed by atoms with Gasteiger partial charge in [0.25, 0.3) is 0 Å². The third-order valence-corrected chi connectivity index (χ3v) is 4.24. The second kappa shape index (κ2) is 15.0. The quantitative estimate of drug-likeness (QED) is 0.334. The maximum atomic E-state index is 14.3. The van der Waals surface area contributed by atoms with E-state index < -0.39 is 11.8 Å². The zero-order valence-corrected chi connectivity index (χ0v) is 18.7. The molecule has 0 bridgehead atoms. The Bertz CT molecular complexity index is 642. The van der Waals surface area contributed by atoms with Crippen molar-refractivity contribution < 1.29 is 24.3 Å². The molecule has 1 aromatic rings. The Morgan fingerprint density at radius 3 is 2.17 bits per heavy atom. The number of benzene rings is 1. The van der Waals surface area contributed by atoms with E-state index in [0.29, 0.717) is 13.0 Å². The first-order valence-corrected chi connectivity index (χ1v) is 10.5. The highest BCUT2D eigenvalue weighted by Crippen LogP contribution is 2.36. The summed E-state index contributed by atoms with van der Waals surface area (Å²) in [5, 5.41) is 17.9. The van der Waals surface area contributed by atoms with E-state index in [1.54, 1.807) is 6.07 Å². The molecule has 0 heterocycles. The van der Waals surface area contributed by atoms with Gasteiger partial charge < -0.3 is 9.64 Å². The van der Waals surface area contributed by atoms with Gasteiger partial charge in [0.2, 0.25) is 0 Å².